The van der Waals surface area contributed by atoms with Gasteiger partial charge in [-0.25, -0.2) is 4.90 Å². The molecular formula is C27H32N2O4. The maximum Gasteiger partial charge on any atom is 0.282 e. The number of carbonyl (C=O) groups is 2. The van der Waals surface area contributed by atoms with Gasteiger partial charge in [-0.1, -0.05) is 37.6 Å². The van der Waals surface area contributed by atoms with Crippen LogP contribution in [0.1, 0.15) is 44.7 Å². The highest BCUT2D eigenvalue weighted by Crippen LogP contribution is 2.36. The molecule has 2 amide bonds. The number of morpholine rings is 1. The van der Waals surface area contributed by atoms with E-state index in [0.717, 1.165) is 19.3 Å². The van der Waals surface area contributed by atoms with Crippen LogP contribution < -0.4 is 9.64 Å². The normalized spacial score (nSPS) is 21.2. The van der Waals surface area contributed by atoms with Gasteiger partial charge in [-0.3, -0.25) is 9.59 Å². The molecule has 174 valence electrons. The minimum Gasteiger partial charge on any atom is -0.497 e. The largest absolute Gasteiger partial charge is 0.497 e. The van der Waals surface area contributed by atoms with Crippen molar-refractivity contribution in [1.82, 2.24) is 4.90 Å². The van der Waals surface area contributed by atoms with Gasteiger partial charge in [-0.2, -0.15) is 0 Å². The molecule has 2 heterocycles. The van der Waals surface area contributed by atoms with Gasteiger partial charge < -0.3 is 14.4 Å². The third kappa shape index (κ3) is 4.67. The van der Waals surface area contributed by atoms with E-state index in [4.69, 9.17) is 9.47 Å². The maximum atomic E-state index is 13.7. The lowest BCUT2D eigenvalue weighted by molar-refractivity contribution is -0.121. The average Bonchev–Trinajstić information content (AvgIpc) is 3.07. The lowest BCUT2D eigenvalue weighted by Gasteiger charge is -2.37. The monoisotopic (exact) mass is 448 g/mol. The summed E-state index contributed by atoms with van der Waals surface area (Å²) in [7, 11) is 1.60. The van der Waals surface area contributed by atoms with Gasteiger partial charge in [0.15, 0.2) is 0 Å². The van der Waals surface area contributed by atoms with Crippen molar-refractivity contribution in [3.63, 3.8) is 0 Å². The van der Waals surface area contributed by atoms with Crippen LogP contribution in [0, 0.1) is 0 Å². The Morgan fingerprint density at radius 3 is 2.15 bits per heavy atom. The molecule has 0 aromatic heterocycles. The molecule has 2 aromatic rings. The lowest BCUT2D eigenvalue weighted by Crippen LogP contribution is -2.47. The van der Waals surface area contributed by atoms with E-state index in [-0.39, 0.29) is 24.0 Å². The molecule has 2 aliphatic rings. The van der Waals surface area contributed by atoms with E-state index in [1.165, 1.54) is 10.5 Å². The fourth-order valence-corrected chi connectivity index (χ4v) is 4.62. The number of hydrogen-bond acceptors (Lipinski definition) is 5. The molecule has 2 atom stereocenters. The van der Waals surface area contributed by atoms with Gasteiger partial charge in [0.1, 0.15) is 11.4 Å². The fourth-order valence-electron chi connectivity index (χ4n) is 4.62. The quantitative estimate of drug-likeness (QED) is 0.587. The second-order valence-electron chi connectivity index (χ2n) is 8.83. The Kier molecular flexibility index (Phi) is 6.84. The molecule has 0 aliphatic carbocycles. The van der Waals surface area contributed by atoms with E-state index in [2.05, 4.69) is 6.92 Å². The Morgan fingerprint density at radius 1 is 0.939 bits per heavy atom. The van der Waals surface area contributed by atoms with Gasteiger partial charge in [0.2, 0.25) is 0 Å². The number of rotatable bonds is 7. The summed E-state index contributed by atoms with van der Waals surface area (Å²) in [6.45, 7) is 7.26. The van der Waals surface area contributed by atoms with Crippen molar-refractivity contribution in [2.75, 3.05) is 25.1 Å². The number of amides is 2. The molecule has 0 radical (unpaired) electrons. The summed E-state index contributed by atoms with van der Waals surface area (Å²) >= 11 is 0. The third-order valence-corrected chi connectivity index (χ3v) is 6.19. The molecule has 6 nitrogen and oxygen atoms in total. The molecule has 4 rings (SSSR count). The van der Waals surface area contributed by atoms with Crippen LogP contribution in [0.15, 0.2) is 54.2 Å². The second-order valence-corrected chi connectivity index (χ2v) is 8.83. The minimum atomic E-state index is -0.298. The number of hydrogen-bond donors (Lipinski definition) is 0. The number of unbranched alkanes of at least 4 members (excludes halogenated alkanes) is 1. The van der Waals surface area contributed by atoms with E-state index in [9.17, 15) is 9.59 Å². The molecular weight excluding hydrogens is 416 g/mol. The number of ether oxygens (including phenoxy) is 2. The zero-order chi connectivity index (χ0) is 23.5. The van der Waals surface area contributed by atoms with E-state index in [0.29, 0.717) is 41.4 Å². The standard InChI is InChI=1S/C27H32N2O4/c1-5-6-7-20-8-12-22(13-9-20)29-26(30)24(21-10-14-23(32-4)15-11-21)25(27(29)31)28-16-18(2)33-19(3)17-28/h8-15,18-19H,5-7,16-17H2,1-4H3. The Bertz CT molecular complexity index is 1030. The molecule has 0 bridgehead atoms. The van der Waals surface area contributed by atoms with E-state index in [1.54, 1.807) is 7.11 Å². The summed E-state index contributed by atoms with van der Waals surface area (Å²) in [6.07, 6.45) is 3.16. The van der Waals surface area contributed by atoms with Crippen LogP contribution in [-0.4, -0.2) is 49.1 Å². The number of benzene rings is 2. The third-order valence-electron chi connectivity index (χ3n) is 6.19. The Labute approximate surface area is 195 Å². The first kappa shape index (κ1) is 23.1. The van der Waals surface area contributed by atoms with Crippen LogP contribution in [0.25, 0.3) is 5.57 Å². The van der Waals surface area contributed by atoms with Gasteiger partial charge >= 0.3 is 0 Å². The van der Waals surface area contributed by atoms with Crippen LogP contribution in [0.2, 0.25) is 0 Å². The number of methoxy groups -OCH3 is 1. The van der Waals surface area contributed by atoms with Crippen LogP contribution in [0.5, 0.6) is 5.75 Å². The summed E-state index contributed by atoms with van der Waals surface area (Å²) in [4.78, 5) is 30.8. The molecule has 2 aliphatic heterocycles. The highest BCUT2D eigenvalue weighted by molar-refractivity contribution is 6.45. The van der Waals surface area contributed by atoms with Crippen LogP contribution in [0.4, 0.5) is 5.69 Å². The molecule has 1 fully saturated rings. The van der Waals surface area contributed by atoms with Crippen LogP contribution in [-0.2, 0) is 20.7 Å². The second kappa shape index (κ2) is 9.79. The summed E-state index contributed by atoms with van der Waals surface area (Å²) in [6, 6.07) is 15.1. The number of carbonyl (C=O) groups excluding carboxylic acids is 2. The topological polar surface area (TPSA) is 59.1 Å². The molecule has 2 aromatic carbocycles. The molecule has 6 heteroatoms. The van der Waals surface area contributed by atoms with Gasteiger partial charge in [-0.15, -0.1) is 0 Å². The van der Waals surface area contributed by atoms with Gasteiger partial charge in [0.25, 0.3) is 11.8 Å². The van der Waals surface area contributed by atoms with Crippen molar-refractivity contribution in [3.8, 4) is 5.75 Å². The van der Waals surface area contributed by atoms with Gasteiger partial charge in [-0.05, 0) is 62.1 Å². The predicted octanol–water partition coefficient (Wildman–Crippen LogP) is 4.43. The van der Waals surface area contributed by atoms with Crippen molar-refractivity contribution in [3.05, 3.63) is 65.4 Å². The number of nitrogens with zero attached hydrogens (tertiary/aromatic N) is 2. The van der Waals surface area contributed by atoms with Gasteiger partial charge in [0.05, 0.1) is 30.6 Å². The molecule has 33 heavy (non-hydrogen) atoms. The summed E-state index contributed by atoms with van der Waals surface area (Å²) < 4.78 is 11.2. The highest BCUT2D eigenvalue weighted by Gasteiger charge is 2.43. The predicted molar refractivity (Wildman–Crippen MR) is 129 cm³/mol. The number of aryl methyl sites for hydroxylation is 1. The van der Waals surface area contributed by atoms with E-state index in [1.807, 2.05) is 67.3 Å². The molecule has 0 spiro atoms. The first-order valence-corrected chi connectivity index (χ1v) is 11.7. The first-order chi connectivity index (χ1) is 15.9. The van der Waals surface area contributed by atoms with Crippen LogP contribution >= 0.6 is 0 Å². The summed E-state index contributed by atoms with van der Waals surface area (Å²) in [5.74, 6) is 0.118. The molecule has 2 unspecified atom stereocenters. The SMILES string of the molecule is CCCCc1ccc(N2C(=O)C(c3ccc(OC)cc3)=C(N3CC(C)OC(C)C3)C2=O)cc1. The first-order valence-electron chi connectivity index (χ1n) is 11.7. The van der Waals surface area contributed by atoms with Crippen molar-refractivity contribution in [2.45, 2.75) is 52.2 Å². The lowest BCUT2D eigenvalue weighted by atomic mass is 10.0. The Hall–Kier alpha value is -3.12. The smallest absolute Gasteiger partial charge is 0.282 e. The maximum absolute atomic E-state index is 13.7. The van der Waals surface area contributed by atoms with Crippen molar-refractivity contribution >= 4 is 23.1 Å². The van der Waals surface area contributed by atoms with Crippen LogP contribution in [0.3, 0.4) is 0 Å². The summed E-state index contributed by atoms with van der Waals surface area (Å²) in [5.41, 5.74) is 3.39. The Morgan fingerprint density at radius 2 is 1.58 bits per heavy atom. The molecule has 0 N–H and O–H groups in total. The minimum absolute atomic E-state index is 0.0341. The van der Waals surface area contributed by atoms with E-state index < -0.39 is 0 Å². The zero-order valence-electron chi connectivity index (χ0n) is 19.8. The average molecular weight is 449 g/mol. The number of anilines is 1. The van der Waals surface area contributed by atoms with Crippen molar-refractivity contribution < 1.29 is 19.1 Å². The van der Waals surface area contributed by atoms with Gasteiger partial charge in [0, 0.05) is 13.1 Å². The Balaban J connectivity index is 1.73. The van der Waals surface area contributed by atoms with Crippen molar-refractivity contribution in [2.24, 2.45) is 0 Å². The highest BCUT2D eigenvalue weighted by atomic mass is 16.5. The van der Waals surface area contributed by atoms with E-state index >= 15 is 0 Å². The molecule has 0 saturated carbocycles. The molecule has 1 saturated heterocycles. The fraction of sp³-hybridized carbons (Fsp3) is 0.407. The zero-order valence-corrected chi connectivity index (χ0v) is 19.8. The number of imide groups is 1. The van der Waals surface area contributed by atoms with Crippen molar-refractivity contribution in [1.29, 1.82) is 0 Å². The summed E-state index contributed by atoms with van der Waals surface area (Å²) in [5, 5.41) is 0.